The zero-order valence-corrected chi connectivity index (χ0v) is 14.2. The van der Waals surface area contributed by atoms with Gasteiger partial charge in [0.2, 0.25) is 15.9 Å². The molecule has 0 aromatic heterocycles. The van der Waals surface area contributed by atoms with Gasteiger partial charge in [-0.2, -0.15) is 0 Å². The maximum atomic E-state index is 12.5. The first-order chi connectivity index (χ1) is 11.0. The zero-order valence-electron chi connectivity index (χ0n) is 12.6. The van der Waals surface area contributed by atoms with Crippen LogP contribution in [-0.2, 0) is 14.8 Å². The number of rotatable bonds is 5. The summed E-state index contributed by atoms with van der Waals surface area (Å²) in [5.41, 5.74) is 0.455. The van der Waals surface area contributed by atoms with Gasteiger partial charge in [0.25, 0.3) is 0 Å². The Morgan fingerprint density at radius 1 is 1.26 bits per heavy atom. The molecule has 6 nitrogen and oxygen atoms in total. The van der Waals surface area contributed by atoms with Gasteiger partial charge < -0.3 is 10.6 Å². The number of carbonyl (C=O) groups excluding carboxylic acids is 1. The van der Waals surface area contributed by atoms with E-state index in [1.54, 1.807) is 6.07 Å². The highest BCUT2D eigenvalue weighted by Gasteiger charge is 2.27. The van der Waals surface area contributed by atoms with Crippen molar-refractivity contribution in [2.24, 2.45) is 5.92 Å². The lowest BCUT2D eigenvalue weighted by Gasteiger charge is -2.24. The molecule has 1 aliphatic carbocycles. The molecule has 1 saturated carbocycles. The van der Waals surface area contributed by atoms with Gasteiger partial charge in [-0.15, -0.1) is 0 Å². The Labute approximate surface area is 141 Å². The van der Waals surface area contributed by atoms with Crippen LogP contribution in [0.1, 0.15) is 25.7 Å². The Hall–Kier alpha value is -1.15. The third-order valence-electron chi connectivity index (χ3n) is 4.35. The van der Waals surface area contributed by atoms with Crippen molar-refractivity contribution in [2.45, 2.75) is 36.6 Å². The van der Waals surface area contributed by atoms with Crippen molar-refractivity contribution < 1.29 is 13.2 Å². The van der Waals surface area contributed by atoms with E-state index in [1.165, 1.54) is 12.1 Å². The average molecular weight is 358 g/mol. The van der Waals surface area contributed by atoms with Crippen LogP contribution in [0.25, 0.3) is 0 Å². The first kappa shape index (κ1) is 16.7. The van der Waals surface area contributed by atoms with Crippen molar-refractivity contribution in [3.63, 3.8) is 0 Å². The Balaban J connectivity index is 1.77. The van der Waals surface area contributed by atoms with E-state index in [4.69, 9.17) is 11.6 Å². The summed E-state index contributed by atoms with van der Waals surface area (Å²) >= 11 is 6.06. The summed E-state index contributed by atoms with van der Waals surface area (Å²) in [5.74, 6) is -0.0247. The van der Waals surface area contributed by atoms with Crippen LogP contribution in [0, 0.1) is 5.92 Å². The summed E-state index contributed by atoms with van der Waals surface area (Å²) in [6.07, 6.45) is 3.59. The molecule has 1 aliphatic heterocycles. The van der Waals surface area contributed by atoms with Gasteiger partial charge >= 0.3 is 0 Å². The molecule has 1 aromatic rings. The van der Waals surface area contributed by atoms with Gasteiger partial charge in [0.1, 0.15) is 4.90 Å². The third kappa shape index (κ3) is 3.85. The van der Waals surface area contributed by atoms with Gasteiger partial charge in [-0.05, 0) is 44.0 Å². The molecule has 126 valence electrons. The number of sulfonamides is 1. The van der Waals surface area contributed by atoms with Crippen LogP contribution in [0.5, 0.6) is 0 Å². The molecule has 3 N–H and O–H groups in total. The number of halogens is 1. The molecule has 1 aromatic carbocycles. The monoisotopic (exact) mass is 357 g/mol. The van der Waals surface area contributed by atoms with Crippen molar-refractivity contribution in [2.75, 3.05) is 18.4 Å². The second-order valence-corrected chi connectivity index (χ2v) is 8.16. The minimum absolute atomic E-state index is 0.00234. The number of hydrogen-bond acceptors (Lipinski definition) is 4. The molecule has 3 rings (SSSR count). The van der Waals surface area contributed by atoms with Crippen molar-refractivity contribution in [3.05, 3.63) is 23.2 Å². The molecule has 1 atom stereocenters. The van der Waals surface area contributed by atoms with Gasteiger partial charge in [0.15, 0.2) is 0 Å². The van der Waals surface area contributed by atoms with E-state index in [-0.39, 0.29) is 27.8 Å². The predicted molar refractivity (Wildman–Crippen MR) is 89.0 cm³/mol. The van der Waals surface area contributed by atoms with Crippen LogP contribution >= 0.6 is 11.6 Å². The largest absolute Gasteiger partial charge is 0.326 e. The Kier molecular flexibility index (Phi) is 4.91. The summed E-state index contributed by atoms with van der Waals surface area (Å²) < 4.78 is 27.7. The first-order valence-electron chi connectivity index (χ1n) is 7.79. The van der Waals surface area contributed by atoms with Crippen molar-refractivity contribution >= 4 is 33.2 Å². The highest BCUT2D eigenvalue weighted by molar-refractivity contribution is 7.89. The third-order valence-corrected chi connectivity index (χ3v) is 6.35. The molecule has 0 unspecified atom stereocenters. The maximum absolute atomic E-state index is 12.5. The Morgan fingerprint density at radius 3 is 2.65 bits per heavy atom. The minimum atomic E-state index is -3.72. The van der Waals surface area contributed by atoms with Crippen molar-refractivity contribution in [3.8, 4) is 0 Å². The quantitative estimate of drug-likeness (QED) is 0.748. The van der Waals surface area contributed by atoms with Crippen LogP contribution in [0.2, 0.25) is 5.02 Å². The van der Waals surface area contributed by atoms with E-state index in [1.807, 2.05) is 0 Å². The van der Waals surface area contributed by atoms with Crippen molar-refractivity contribution in [1.29, 1.82) is 0 Å². The lowest BCUT2D eigenvalue weighted by Crippen LogP contribution is -2.36. The van der Waals surface area contributed by atoms with Gasteiger partial charge in [-0.3, -0.25) is 4.79 Å². The van der Waals surface area contributed by atoms with E-state index in [0.29, 0.717) is 12.2 Å². The molecule has 8 heteroatoms. The number of benzene rings is 1. The molecule has 0 radical (unpaired) electrons. The Bertz CT molecular complexity index is 698. The molecule has 1 amide bonds. The van der Waals surface area contributed by atoms with Gasteiger partial charge in [-0.1, -0.05) is 18.0 Å². The average Bonchev–Trinajstić information content (AvgIpc) is 2.90. The predicted octanol–water partition coefficient (Wildman–Crippen LogP) is 1.72. The Morgan fingerprint density at radius 2 is 2.04 bits per heavy atom. The standard InChI is InChI=1S/C15H20ClN3O3S/c16-13-5-4-11(18-15(20)10-2-1-3-10)8-14(13)23(21,22)19-12-6-7-17-9-12/h4-5,8,10,12,17,19H,1-3,6-7,9H2,(H,18,20)/t12-/m1/s1. The smallest absolute Gasteiger partial charge is 0.242 e. The molecule has 0 spiro atoms. The molecule has 2 aliphatic rings. The summed E-state index contributed by atoms with van der Waals surface area (Å²) in [5, 5.41) is 6.03. The summed E-state index contributed by atoms with van der Waals surface area (Å²) in [6, 6.07) is 4.40. The first-order valence-corrected chi connectivity index (χ1v) is 9.65. The molecule has 0 bridgehead atoms. The molecule has 1 heterocycles. The molecular formula is C15H20ClN3O3S. The minimum Gasteiger partial charge on any atom is -0.326 e. The fourth-order valence-corrected chi connectivity index (χ4v) is 4.54. The van der Waals surface area contributed by atoms with E-state index in [2.05, 4.69) is 15.4 Å². The molecule has 23 heavy (non-hydrogen) atoms. The summed E-state index contributed by atoms with van der Waals surface area (Å²) in [4.78, 5) is 12.0. The van der Waals surface area contributed by atoms with Gasteiger partial charge in [0.05, 0.1) is 5.02 Å². The second kappa shape index (κ2) is 6.76. The number of carbonyl (C=O) groups is 1. The fourth-order valence-electron chi connectivity index (χ4n) is 2.74. The highest BCUT2D eigenvalue weighted by atomic mass is 35.5. The van der Waals surface area contributed by atoms with E-state index < -0.39 is 10.0 Å². The van der Waals surface area contributed by atoms with E-state index >= 15 is 0 Å². The van der Waals surface area contributed by atoms with Crippen molar-refractivity contribution in [1.82, 2.24) is 10.0 Å². The van der Waals surface area contributed by atoms with Gasteiger partial charge in [-0.25, -0.2) is 13.1 Å². The molecular weight excluding hydrogens is 338 g/mol. The molecule has 2 fully saturated rings. The van der Waals surface area contributed by atoms with E-state index in [0.717, 1.165) is 32.2 Å². The number of hydrogen-bond donors (Lipinski definition) is 3. The zero-order chi connectivity index (χ0) is 16.4. The highest BCUT2D eigenvalue weighted by Crippen LogP contribution is 2.29. The second-order valence-electron chi connectivity index (χ2n) is 6.07. The molecule has 1 saturated heterocycles. The number of anilines is 1. The fraction of sp³-hybridized carbons (Fsp3) is 0.533. The SMILES string of the molecule is O=C(Nc1ccc(Cl)c(S(=O)(=O)N[C@@H]2CCNC2)c1)C1CCC1. The normalized spacial score (nSPS) is 21.9. The van der Waals surface area contributed by atoms with E-state index in [9.17, 15) is 13.2 Å². The summed E-state index contributed by atoms with van der Waals surface area (Å²) in [6.45, 7) is 1.40. The van der Waals surface area contributed by atoms with Gasteiger partial charge in [0, 0.05) is 24.2 Å². The summed E-state index contributed by atoms with van der Waals surface area (Å²) in [7, 11) is -3.72. The number of nitrogens with one attached hydrogen (secondary N) is 3. The topological polar surface area (TPSA) is 87.3 Å². The van der Waals surface area contributed by atoms with Crippen LogP contribution in [0.4, 0.5) is 5.69 Å². The van der Waals surface area contributed by atoms with Crippen LogP contribution < -0.4 is 15.4 Å². The van der Waals surface area contributed by atoms with Crippen LogP contribution in [-0.4, -0.2) is 33.5 Å². The van der Waals surface area contributed by atoms with Crippen LogP contribution in [0.3, 0.4) is 0 Å². The lowest BCUT2D eigenvalue weighted by molar-refractivity contribution is -0.122. The lowest BCUT2D eigenvalue weighted by atomic mass is 9.85. The van der Waals surface area contributed by atoms with Crippen LogP contribution in [0.15, 0.2) is 23.1 Å². The maximum Gasteiger partial charge on any atom is 0.242 e. The number of amides is 1.